The van der Waals surface area contributed by atoms with Gasteiger partial charge in [-0.1, -0.05) is 76.8 Å². The van der Waals surface area contributed by atoms with E-state index in [1.165, 1.54) is 21.6 Å². The van der Waals surface area contributed by atoms with Gasteiger partial charge in [-0.25, -0.2) is 4.79 Å². The lowest BCUT2D eigenvalue weighted by atomic mass is 9.67. The molecule has 4 nitrogen and oxygen atoms in total. The zero-order chi connectivity index (χ0) is 24.3. The fraction of sp³-hybridized carbons (Fsp3) is 0.379. The van der Waals surface area contributed by atoms with Crippen molar-refractivity contribution < 1.29 is 9.59 Å². The number of aryl methyl sites for hydroxylation is 1. The van der Waals surface area contributed by atoms with Crippen LogP contribution >= 0.6 is 0 Å². The zero-order valence-electron chi connectivity index (χ0n) is 20.8. The number of carbonyl (C=O) groups is 2. The molecule has 2 aromatic rings. The fourth-order valence-electron chi connectivity index (χ4n) is 4.81. The minimum absolute atomic E-state index is 0.00495. The highest BCUT2D eigenvalue weighted by atomic mass is 16.2. The van der Waals surface area contributed by atoms with Crippen molar-refractivity contribution >= 4 is 17.5 Å². The maximum Gasteiger partial charge on any atom is 0.325 e. The van der Waals surface area contributed by atoms with Crippen LogP contribution in [0.1, 0.15) is 74.9 Å². The van der Waals surface area contributed by atoms with Gasteiger partial charge < -0.3 is 5.32 Å². The topological polar surface area (TPSA) is 49.4 Å². The lowest BCUT2D eigenvalue weighted by molar-refractivity contribution is -0.130. The first-order chi connectivity index (χ1) is 15.2. The summed E-state index contributed by atoms with van der Waals surface area (Å²) in [4.78, 5) is 25.9. The van der Waals surface area contributed by atoms with Crippen LogP contribution in [0.15, 0.2) is 55.1 Å². The minimum atomic E-state index is -0.854. The molecule has 4 heteroatoms. The molecule has 0 atom stereocenters. The van der Waals surface area contributed by atoms with E-state index < -0.39 is 5.54 Å². The monoisotopic (exact) mass is 442 g/mol. The molecule has 1 aliphatic heterocycles. The third kappa shape index (κ3) is 3.92. The molecule has 2 aromatic carbocycles. The number of benzene rings is 2. The number of urea groups is 1. The number of carbonyl (C=O) groups excluding carboxylic acids is 2. The van der Waals surface area contributed by atoms with E-state index >= 15 is 0 Å². The Balaban J connectivity index is 1.61. The van der Waals surface area contributed by atoms with Crippen LogP contribution in [0.4, 0.5) is 4.79 Å². The average Bonchev–Trinajstić information content (AvgIpc) is 2.93. The van der Waals surface area contributed by atoms with Gasteiger partial charge in [-0.2, -0.15) is 0 Å². The molecular weight excluding hydrogens is 408 g/mol. The second-order valence-corrected chi connectivity index (χ2v) is 11.1. The maximum absolute atomic E-state index is 12.5. The number of fused-ring (bicyclic) bond motifs is 1. The Bertz CT molecular complexity index is 1200. The first-order valence-electron chi connectivity index (χ1n) is 11.5. The van der Waals surface area contributed by atoms with E-state index in [1.807, 2.05) is 24.3 Å². The van der Waals surface area contributed by atoms with Crippen LogP contribution in [-0.2, 0) is 22.2 Å². The number of hydrogen-bond donors (Lipinski definition) is 1. The largest absolute Gasteiger partial charge is 0.325 e. The van der Waals surface area contributed by atoms with Gasteiger partial charge >= 0.3 is 6.03 Å². The van der Waals surface area contributed by atoms with Crippen molar-refractivity contribution in [2.24, 2.45) is 0 Å². The molecule has 0 aromatic heterocycles. The molecule has 1 fully saturated rings. The molecule has 1 aliphatic carbocycles. The first-order valence-corrected chi connectivity index (χ1v) is 11.5. The van der Waals surface area contributed by atoms with Crippen molar-refractivity contribution in [2.75, 3.05) is 0 Å². The van der Waals surface area contributed by atoms with Crippen LogP contribution in [0.5, 0.6) is 0 Å². The van der Waals surface area contributed by atoms with Crippen LogP contribution in [0.2, 0.25) is 0 Å². The molecule has 4 rings (SSSR count). The maximum atomic E-state index is 12.5. The van der Waals surface area contributed by atoms with Crippen LogP contribution in [0.3, 0.4) is 0 Å². The molecule has 0 unspecified atom stereocenters. The van der Waals surface area contributed by atoms with E-state index in [9.17, 15) is 9.59 Å². The highest BCUT2D eigenvalue weighted by Gasteiger charge is 2.44. The number of rotatable bonds is 4. The van der Waals surface area contributed by atoms with Gasteiger partial charge in [-0.05, 0) is 65.8 Å². The summed E-state index contributed by atoms with van der Waals surface area (Å²) in [7, 11) is 0. The van der Waals surface area contributed by atoms with Gasteiger partial charge in [0.15, 0.2) is 0 Å². The molecule has 1 N–H and O–H groups in total. The van der Waals surface area contributed by atoms with Crippen molar-refractivity contribution in [2.45, 2.75) is 71.4 Å². The third-order valence-electron chi connectivity index (χ3n) is 7.08. The summed E-state index contributed by atoms with van der Waals surface area (Å²) < 4.78 is 0. The van der Waals surface area contributed by atoms with Gasteiger partial charge in [0, 0.05) is 10.8 Å². The summed E-state index contributed by atoms with van der Waals surface area (Å²) in [6.07, 6.45) is 4.62. The minimum Gasteiger partial charge on any atom is -0.324 e. The summed E-state index contributed by atoms with van der Waals surface area (Å²) in [5.74, 6) is -0.203. The molecule has 0 radical (unpaired) electrons. The summed E-state index contributed by atoms with van der Waals surface area (Å²) in [5, 5.41) is 2.73. The highest BCUT2D eigenvalue weighted by molar-refractivity contribution is 6.06. The number of nitrogens with one attached hydrogen (secondary N) is 1. The SMILES string of the molecule is C=C(c1ccc(CN2C(=O)NC(C)(C)C2=O)cc1)c1cc2c(cc1C)C(C)(C)C=CC2(C)C. The lowest BCUT2D eigenvalue weighted by Crippen LogP contribution is -2.40. The third-order valence-corrected chi connectivity index (χ3v) is 7.08. The van der Waals surface area contributed by atoms with Gasteiger partial charge in [-0.3, -0.25) is 9.69 Å². The van der Waals surface area contributed by atoms with E-state index in [4.69, 9.17) is 0 Å². The van der Waals surface area contributed by atoms with E-state index in [1.54, 1.807) is 13.8 Å². The van der Waals surface area contributed by atoms with Gasteiger partial charge in [0.05, 0.1) is 6.54 Å². The summed E-state index contributed by atoms with van der Waals surface area (Å²) >= 11 is 0. The van der Waals surface area contributed by atoms with Gasteiger partial charge in [0.25, 0.3) is 5.91 Å². The second-order valence-electron chi connectivity index (χ2n) is 11.1. The molecule has 2 aliphatic rings. The van der Waals surface area contributed by atoms with Crippen molar-refractivity contribution in [3.63, 3.8) is 0 Å². The number of hydrogen-bond acceptors (Lipinski definition) is 2. The molecule has 172 valence electrons. The standard InChI is InChI=1S/C29H34N2O2/c1-18-15-23-24(28(5,6)14-13-27(23,3)4)16-22(18)19(2)21-11-9-20(10-12-21)17-31-25(32)29(7,8)30-26(31)33/h9-16H,2,17H2,1,3-8H3,(H,30,33). The van der Waals surface area contributed by atoms with Gasteiger partial charge in [-0.15, -0.1) is 0 Å². The summed E-state index contributed by atoms with van der Waals surface area (Å²) in [6.45, 7) is 19.3. The molecule has 1 heterocycles. The van der Waals surface area contributed by atoms with Crippen LogP contribution in [-0.4, -0.2) is 22.4 Å². The second kappa shape index (κ2) is 7.44. The van der Waals surface area contributed by atoms with Crippen LogP contribution in [0.25, 0.3) is 5.57 Å². The van der Waals surface area contributed by atoms with Crippen molar-refractivity contribution in [1.29, 1.82) is 0 Å². The summed E-state index contributed by atoms with van der Waals surface area (Å²) in [6, 6.07) is 12.3. The Morgan fingerprint density at radius 1 is 0.909 bits per heavy atom. The number of imide groups is 1. The quantitative estimate of drug-likeness (QED) is 0.465. The number of allylic oxidation sites excluding steroid dienone is 2. The Hall–Kier alpha value is -3.14. The smallest absolute Gasteiger partial charge is 0.324 e. The molecule has 1 saturated heterocycles. The summed E-state index contributed by atoms with van der Waals surface area (Å²) in [5.41, 5.74) is 7.10. The average molecular weight is 443 g/mol. The molecule has 0 spiro atoms. The van der Waals surface area contributed by atoms with E-state index in [-0.39, 0.29) is 29.3 Å². The molecule has 0 saturated carbocycles. The molecule has 3 amide bonds. The predicted octanol–water partition coefficient (Wildman–Crippen LogP) is 6.01. The molecular formula is C29H34N2O2. The predicted molar refractivity (Wildman–Crippen MR) is 134 cm³/mol. The van der Waals surface area contributed by atoms with Gasteiger partial charge in [0.2, 0.25) is 0 Å². The van der Waals surface area contributed by atoms with Crippen molar-refractivity contribution in [3.8, 4) is 0 Å². The number of nitrogens with zero attached hydrogens (tertiary/aromatic N) is 1. The fourth-order valence-corrected chi connectivity index (χ4v) is 4.81. The Labute approximate surface area is 197 Å². The first kappa shape index (κ1) is 23.0. The Morgan fingerprint density at radius 3 is 1.97 bits per heavy atom. The van der Waals surface area contributed by atoms with E-state index in [0.717, 1.165) is 22.3 Å². The van der Waals surface area contributed by atoms with Gasteiger partial charge in [0.1, 0.15) is 5.54 Å². The molecule has 33 heavy (non-hydrogen) atoms. The Kier molecular flexibility index (Phi) is 5.19. The lowest BCUT2D eigenvalue weighted by Gasteiger charge is -2.37. The van der Waals surface area contributed by atoms with E-state index in [0.29, 0.717) is 0 Å². The zero-order valence-corrected chi connectivity index (χ0v) is 20.8. The Morgan fingerprint density at radius 2 is 1.45 bits per heavy atom. The normalized spacial score (nSPS) is 19.9. The molecule has 0 bridgehead atoms. The van der Waals surface area contributed by atoms with Crippen molar-refractivity contribution in [3.05, 3.63) is 88.5 Å². The van der Waals surface area contributed by atoms with Crippen molar-refractivity contribution in [1.82, 2.24) is 10.2 Å². The van der Waals surface area contributed by atoms with E-state index in [2.05, 4.69) is 70.8 Å². The number of amides is 3. The van der Waals surface area contributed by atoms with Crippen LogP contribution < -0.4 is 5.32 Å². The van der Waals surface area contributed by atoms with Crippen LogP contribution in [0, 0.1) is 6.92 Å². The highest BCUT2D eigenvalue weighted by Crippen LogP contribution is 2.43.